The number of amides is 1. The number of aromatic nitrogens is 2. The summed E-state index contributed by atoms with van der Waals surface area (Å²) >= 11 is 4.88. The van der Waals surface area contributed by atoms with Crippen LogP contribution in [0.15, 0.2) is 89.0 Å². The molecule has 0 radical (unpaired) electrons. The molecule has 4 nitrogen and oxygen atoms in total. The first kappa shape index (κ1) is 19.5. The molecule has 0 N–H and O–H groups in total. The minimum atomic E-state index is -0.108. The van der Waals surface area contributed by atoms with Crippen LogP contribution in [0.1, 0.15) is 15.9 Å². The van der Waals surface area contributed by atoms with Crippen LogP contribution in [-0.4, -0.2) is 22.4 Å². The maximum absolute atomic E-state index is 13.3. The molecule has 29 heavy (non-hydrogen) atoms. The van der Waals surface area contributed by atoms with E-state index in [1.165, 1.54) is 16.9 Å². The van der Waals surface area contributed by atoms with Gasteiger partial charge in [-0.15, -0.1) is 11.3 Å². The van der Waals surface area contributed by atoms with Crippen LogP contribution in [0.2, 0.25) is 0 Å². The van der Waals surface area contributed by atoms with Gasteiger partial charge in [0.05, 0.1) is 11.3 Å². The van der Waals surface area contributed by atoms with Crippen molar-refractivity contribution in [1.29, 1.82) is 0 Å². The molecule has 0 bridgehead atoms. The number of nitrogens with zero attached hydrogens (tertiary/aromatic N) is 3. The van der Waals surface area contributed by atoms with Crippen LogP contribution in [0.25, 0.3) is 11.3 Å². The lowest BCUT2D eigenvalue weighted by Gasteiger charge is -2.20. The van der Waals surface area contributed by atoms with Crippen molar-refractivity contribution in [3.63, 3.8) is 0 Å². The van der Waals surface area contributed by atoms with Crippen LogP contribution < -0.4 is 4.90 Å². The first-order chi connectivity index (χ1) is 14.2. The number of hydrogen-bond donors (Lipinski definition) is 0. The summed E-state index contributed by atoms with van der Waals surface area (Å²) in [5, 5.41) is 2.68. The highest BCUT2D eigenvalue weighted by molar-refractivity contribution is 9.10. The van der Waals surface area contributed by atoms with Gasteiger partial charge in [0.25, 0.3) is 5.91 Å². The molecule has 0 saturated carbocycles. The molecule has 2 heterocycles. The second-order valence-corrected chi connectivity index (χ2v) is 8.22. The van der Waals surface area contributed by atoms with Crippen molar-refractivity contribution in [3.8, 4) is 11.3 Å². The van der Waals surface area contributed by atoms with Crippen molar-refractivity contribution in [3.05, 3.63) is 100 Å². The van der Waals surface area contributed by atoms with Crippen molar-refractivity contribution < 1.29 is 4.79 Å². The molecule has 0 fully saturated rings. The zero-order chi connectivity index (χ0) is 20.1. The Hall–Kier alpha value is -2.83. The second kappa shape index (κ2) is 9.11. The van der Waals surface area contributed by atoms with Crippen molar-refractivity contribution >= 4 is 38.3 Å². The Kier molecular flexibility index (Phi) is 6.12. The third kappa shape index (κ3) is 4.78. The van der Waals surface area contributed by atoms with E-state index in [-0.39, 0.29) is 5.91 Å². The summed E-state index contributed by atoms with van der Waals surface area (Å²) < 4.78 is 0.774. The highest BCUT2D eigenvalue weighted by atomic mass is 79.9. The lowest BCUT2D eigenvalue weighted by molar-refractivity contribution is 0.0987. The summed E-state index contributed by atoms with van der Waals surface area (Å²) in [6.07, 6.45) is 4.00. The van der Waals surface area contributed by atoms with Gasteiger partial charge < -0.3 is 0 Å². The van der Waals surface area contributed by atoms with E-state index in [1.54, 1.807) is 23.4 Å². The molecule has 0 aliphatic rings. The Bertz CT molecular complexity index is 1100. The van der Waals surface area contributed by atoms with Gasteiger partial charge in [-0.1, -0.05) is 60.7 Å². The minimum absolute atomic E-state index is 0.108. The molecule has 0 unspecified atom stereocenters. The lowest BCUT2D eigenvalue weighted by atomic mass is 10.1. The first-order valence-corrected chi connectivity index (χ1v) is 10.9. The van der Waals surface area contributed by atoms with E-state index in [1.807, 2.05) is 53.9 Å². The molecule has 0 aliphatic carbocycles. The lowest BCUT2D eigenvalue weighted by Crippen LogP contribution is -2.33. The fourth-order valence-electron chi connectivity index (χ4n) is 2.98. The molecule has 6 heteroatoms. The summed E-state index contributed by atoms with van der Waals surface area (Å²) in [6.45, 7) is 0.539. The monoisotopic (exact) mass is 463 g/mol. The van der Waals surface area contributed by atoms with Crippen LogP contribution in [0.4, 0.5) is 5.13 Å². The van der Waals surface area contributed by atoms with Gasteiger partial charge in [-0.05, 0) is 34.0 Å². The third-order valence-electron chi connectivity index (χ3n) is 4.46. The van der Waals surface area contributed by atoms with Gasteiger partial charge in [0.2, 0.25) is 0 Å². The molecule has 0 saturated heterocycles. The largest absolute Gasteiger partial charge is 0.284 e. The molecular formula is C23H18BrN3OS. The molecule has 4 aromatic rings. The molecule has 2 aromatic heterocycles. The molecule has 4 rings (SSSR count). The maximum Gasteiger partial charge on any atom is 0.261 e. The normalized spacial score (nSPS) is 10.7. The van der Waals surface area contributed by atoms with Crippen LogP contribution >= 0.6 is 27.3 Å². The van der Waals surface area contributed by atoms with Gasteiger partial charge in [0.15, 0.2) is 5.13 Å². The van der Waals surface area contributed by atoms with Crippen LogP contribution in [0.5, 0.6) is 0 Å². The maximum atomic E-state index is 13.3. The number of halogens is 1. The van der Waals surface area contributed by atoms with Crippen molar-refractivity contribution in [2.75, 3.05) is 11.4 Å². The number of rotatable bonds is 6. The summed E-state index contributed by atoms with van der Waals surface area (Å²) in [7, 11) is 0. The quantitative estimate of drug-likeness (QED) is 0.359. The Balaban J connectivity index is 1.64. The Labute approximate surface area is 182 Å². The number of carbonyl (C=O) groups is 1. The van der Waals surface area contributed by atoms with Gasteiger partial charge in [-0.25, -0.2) is 4.98 Å². The van der Waals surface area contributed by atoms with E-state index in [4.69, 9.17) is 4.98 Å². The SMILES string of the molecule is O=C(c1cncc(Br)c1)N(CCc1ccccc1)c1nc(-c2ccccc2)cs1. The minimum Gasteiger partial charge on any atom is -0.284 e. The highest BCUT2D eigenvalue weighted by Crippen LogP contribution is 2.29. The fourth-order valence-corrected chi connectivity index (χ4v) is 4.21. The smallest absolute Gasteiger partial charge is 0.261 e. The Morgan fingerprint density at radius 2 is 1.72 bits per heavy atom. The number of pyridine rings is 1. The molecule has 1 amide bonds. The van der Waals surface area contributed by atoms with Gasteiger partial charge in [-0.2, -0.15) is 0 Å². The average molecular weight is 464 g/mol. The van der Waals surface area contributed by atoms with Gasteiger partial charge >= 0.3 is 0 Å². The van der Waals surface area contributed by atoms with Crippen LogP contribution in [0, 0.1) is 0 Å². The van der Waals surface area contributed by atoms with E-state index in [2.05, 4.69) is 33.0 Å². The van der Waals surface area contributed by atoms with E-state index < -0.39 is 0 Å². The van der Waals surface area contributed by atoms with Gasteiger partial charge in [-0.3, -0.25) is 14.7 Å². The zero-order valence-corrected chi connectivity index (χ0v) is 17.9. The number of benzene rings is 2. The fraction of sp³-hybridized carbons (Fsp3) is 0.0870. The van der Waals surface area contributed by atoms with Gasteiger partial charge in [0.1, 0.15) is 0 Å². The van der Waals surface area contributed by atoms with E-state index in [0.29, 0.717) is 17.2 Å². The van der Waals surface area contributed by atoms with Crippen LogP contribution in [-0.2, 0) is 6.42 Å². The molecule has 144 valence electrons. The summed E-state index contributed by atoms with van der Waals surface area (Å²) in [5.41, 5.74) is 3.62. The third-order valence-corrected chi connectivity index (χ3v) is 5.75. The molecule has 2 aromatic carbocycles. The molecular weight excluding hydrogens is 446 g/mol. The van der Waals surface area contributed by atoms with E-state index in [9.17, 15) is 4.79 Å². The summed E-state index contributed by atoms with van der Waals surface area (Å²) in [5.74, 6) is -0.108. The highest BCUT2D eigenvalue weighted by Gasteiger charge is 2.21. The zero-order valence-electron chi connectivity index (χ0n) is 15.5. The van der Waals surface area contributed by atoms with Crippen molar-refractivity contribution in [2.24, 2.45) is 0 Å². The van der Waals surface area contributed by atoms with Crippen molar-refractivity contribution in [1.82, 2.24) is 9.97 Å². The summed E-state index contributed by atoms with van der Waals surface area (Å²) in [4.78, 5) is 23.9. The molecule has 0 atom stereocenters. The topological polar surface area (TPSA) is 46.1 Å². The van der Waals surface area contributed by atoms with Gasteiger partial charge in [0, 0.05) is 34.4 Å². The second-order valence-electron chi connectivity index (χ2n) is 6.47. The predicted molar refractivity (Wildman–Crippen MR) is 121 cm³/mol. The number of hydrogen-bond acceptors (Lipinski definition) is 4. The van der Waals surface area contributed by atoms with Crippen molar-refractivity contribution in [2.45, 2.75) is 6.42 Å². The number of carbonyl (C=O) groups excluding carboxylic acids is 1. The molecule has 0 spiro atoms. The Morgan fingerprint density at radius 1 is 1.00 bits per heavy atom. The first-order valence-electron chi connectivity index (χ1n) is 9.18. The van der Waals surface area contributed by atoms with E-state index >= 15 is 0 Å². The van der Waals surface area contributed by atoms with E-state index in [0.717, 1.165) is 22.2 Å². The predicted octanol–water partition coefficient (Wildman–Crippen LogP) is 5.86. The van der Waals surface area contributed by atoms with Crippen LogP contribution in [0.3, 0.4) is 0 Å². The Morgan fingerprint density at radius 3 is 2.45 bits per heavy atom. The standard InChI is InChI=1S/C23H18BrN3OS/c24-20-13-19(14-25-15-20)22(28)27(12-11-17-7-3-1-4-8-17)23-26-21(16-29-23)18-9-5-2-6-10-18/h1-10,13-16H,11-12H2. The number of anilines is 1. The number of thiazole rings is 1. The molecule has 0 aliphatic heterocycles. The average Bonchev–Trinajstić information content (AvgIpc) is 3.25. The summed E-state index contributed by atoms with van der Waals surface area (Å²) in [6, 6.07) is 21.9.